The molecule has 1 saturated heterocycles. The van der Waals surface area contributed by atoms with E-state index >= 15 is 0 Å². The van der Waals surface area contributed by atoms with Crippen molar-refractivity contribution in [3.8, 4) is 0 Å². The van der Waals surface area contributed by atoms with E-state index in [1.54, 1.807) is 24.0 Å². The zero-order valence-corrected chi connectivity index (χ0v) is 18.7. The predicted octanol–water partition coefficient (Wildman–Crippen LogP) is 1.96. The van der Waals surface area contributed by atoms with Gasteiger partial charge in [-0.25, -0.2) is 8.42 Å². The summed E-state index contributed by atoms with van der Waals surface area (Å²) in [6.07, 6.45) is 3.42. The molecule has 0 amide bonds. The lowest BCUT2D eigenvalue weighted by atomic mass is 10.3. The first-order chi connectivity index (χ1) is 14.9. The van der Waals surface area contributed by atoms with E-state index in [0.29, 0.717) is 54.8 Å². The van der Waals surface area contributed by atoms with E-state index < -0.39 is 10.0 Å². The van der Waals surface area contributed by atoms with E-state index in [0.717, 1.165) is 11.5 Å². The molecular weight excluding hydrogens is 416 g/mol. The first-order valence-electron chi connectivity index (χ1n) is 10.2. The van der Waals surface area contributed by atoms with Gasteiger partial charge in [0.15, 0.2) is 11.6 Å². The molecule has 0 spiro atoms. The number of hydrogen-bond donors (Lipinski definition) is 1. The van der Waals surface area contributed by atoms with Gasteiger partial charge in [0.2, 0.25) is 10.0 Å². The van der Waals surface area contributed by atoms with Crippen molar-refractivity contribution in [1.29, 1.82) is 0 Å². The Morgan fingerprint density at radius 1 is 1.06 bits per heavy atom. The highest BCUT2D eigenvalue weighted by molar-refractivity contribution is 7.89. The summed E-state index contributed by atoms with van der Waals surface area (Å²) >= 11 is 0. The van der Waals surface area contributed by atoms with Crippen LogP contribution in [0.2, 0.25) is 0 Å². The largest absolute Gasteiger partial charge is 0.352 e. The van der Waals surface area contributed by atoms with Gasteiger partial charge in [-0.15, -0.1) is 10.2 Å². The highest BCUT2D eigenvalue weighted by Crippen LogP contribution is 2.25. The van der Waals surface area contributed by atoms with Crippen LogP contribution < -0.4 is 10.2 Å². The molecule has 1 N–H and O–H groups in total. The van der Waals surface area contributed by atoms with E-state index in [9.17, 15) is 8.42 Å². The van der Waals surface area contributed by atoms with Gasteiger partial charge < -0.3 is 10.2 Å². The lowest BCUT2D eigenvalue weighted by molar-refractivity contribution is 0.383. The van der Waals surface area contributed by atoms with Gasteiger partial charge in [-0.1, -0.05) is 0 Å². The van der Waals surface area contributed by atoms with Crippen LogP contribution in [0, 0.1) is 13.8 Å². The molecule has 0 unspecified atom stereocenters. The predicted molar refractivity (Wildman–Crippen MR) is 118 cm³/mol. The molecular formula is C20H26N8O2S. The van der Waals surface area contributed by atoms with Gasteiger partial charge in [0.1, 0.15) is 4.90 Å². The second-order valence-corrected chi connectivity index (χ2v) is 9.23. The minimum absolute atomic E-state index is 0.327. The Bertz CT molecular complexity index is 1140. The van der Waals surface area contributed by atoms with Gasteiger partial charge in [-0.3, -0.25) is 9.67 Å². The molecule has 3 aromatic heterocycles. The minimum Gasteiger partial charge on any atom is -0.352 e. The van der Waals surface area contributed by atoms with Crippen molar-refractivity contribution >= 4 is 27.3 Å². The summed E-state index contributed by atoms with van der Waals surface area (Å²) in [6.45, 7) is 8.01. The van der Waals surface area contributed by atoms with E-state index in [-0.39, 0.29) is 0 Å². The molecule has 0 saturated carbocycles. The SMILES string of the molecule is CCn1nc(C)c(S(=O)(=O)N2CCN(c3ccc(Nc4cccnc4)nn3)CC2)c1C. The third-order valence-corrected chi connectivity index (χ3v) is 7.51. The summed E-state index contributed by atoms with van der Waals surface area (Å²) in [7, 11) is -3.59. The first kappa shape index (κ1) is 21.2. The maximum atomic E-state index is 13.2. The summed E-state index contributed by atoms with van der Waals surface area (Å²) in [5.41, 5.74) is 2.06. The van der Waals surface area contributed by atoms with Crippen molar-refractivity contribution in [3.63, 3.8) is 0 Å². The van der Waals surface area contributed by atoms with Gasteiger partial charge in [-0.2, -0.15) is 9.40 Å². The molecule has 0 bridgehead atoms. The third kappa shape index (κ3) is 4.23. The van der Waals surface area contributed by atoms with Crippen molar-refractivity contribution in [3.05, 3.63) is 48.0 Å². The quantitative estimate of drug-likeness (QED) is 0.617. The Kier molecular flexibility index (Phi) is 5.88. The highest BCUT2D eigenvalue weighted by atomic mass is 32.2. The van der Waals surface area contributed by atoms with E-state index in [1.165, 1.54) is 4.31 Å². The lowest BCUT2D eigenvalue weighted by Gasteiger charge is -2.34. The van der Waals surface area contributed by atoms with Gasteiger partial charge >= 0.3 is 0 Å². The molecule has 10 nitrogen and oxygen atoms in total. The van der Waals surface area contributed by atoms with Crippen LogP contribution in [0.15, 0.2) is 41.6 Å². The number of rotatable bonds is 6. The lowest BCUT2D eigenvalue weighted by Crippen LogP contribution is -2.49. The topological polar surface area (TPSA) is 109 Å². The highest BCUT2D eigenvalue weighted by Gasteiger charge is 2.33. The fourth-order valence-corrected chi connectivity index (χ4v) is 5.59. The number of aryl methyl sites for hydroxylation is 2. The minimum atomic E-state index is -3.59. The van der Waals surface area contributed by atoms with Crippen LogP contribution in [-0.2, 0) is 16.6 Å². The number of piperazine rings is 1. The molecule has 1 aliphatic rings. The third-order valence-electron chi connectivity index (χ3n) is 5.36. The summed E-state index contributed by atoms with van der Waals surface area (Å²) < 4.78 is 29.7. The fourth-order valence-electron chi connectivity index (χ4n) is 3.79. The molecule has 31 heavy (non-hydrogen) atoms. The number of nitrogens with zero attached hydrogens (tertiary/aromatic N) is 7. The molecule has 11 heteroatoms. The van der Waals surface area contributed by atoms with Crippen molar-refractivity contribution in [2.75, 3.05) is 36.4 Å². The van der Waals surface area contributed by atoms with Crippen LogP contribution in [-0.4, -0.2) is 63.9 Å². The van der Waals surface area contributed by atoms with Gasteiger partial charge in [-0.05, 0) is 45.0 Å². The molecule has 0 aliphatic carbocycles. The number of sulfonamides is 1. The molecule has 1 fully saturated rings. The number of hydrogen-bond acceptors (Lipinski definition) is 8. The number of aromatic nitrogens is 5. The molecule has 0 radical (unpaired) electrons. The zero-order chi connectivity index (χ0) is 22.0. The van der Waals surface area contributed by atoms with E-state index in [1.807, 2.05) is 43.0 Å². The maximum Gasteiger partial charge on any atom is 0.246 e. The molecule has 0 aromatic carbocycles. The summed E-state index contributed by atoms with van der Waals surface area (Å²) in [6, 6.07) is 7.48. The zero-order valence-electron chi connectivity index (χ0n) is 17.9. The van der Waals surface area contributed by atoms with Crippen LogP contribution in [0.5, 0.6) is 0 Å². The Morgan fingerprint density at radius 2 is 1.84 bits per heavy atom. The molecule has 4 rings (SSSR count). The normalized spacial score (nSPS) is 15.3. The van der Waals surface area contributed by atoms with Crippen LogP contribution >= 0.6 is 0 Å². The molecule has 3 aromatic rings. The fraction of sp³-hybridized carbons (Fsp3) is 0.400. The smallest absolute Gasteiger partial charge is 0.246 e. The van der Waals surface area contributed by atoms with Crippen LogP contribution in [0.4, 0.5) is 17.3 Å². The standard InChI is InChI=1S/C20H26N8O2S/c1-4-28-16(3)20(15(2)25-28)31(29,30)27-12-10-26(11-13-27)19-8-7-18(23-24-19)22-17-6-5-9-21-14-17/h5-9,14H,4,10-13H2,1-3H3,(H,22,23). The van der Waals surface area contributed by atoms with E-state index in [2.05, 4.69) is 25.6 Å². The first-order valence-corrected chi connectivity index (χ1v) is 11.6. The maximum absolute atomic E-state index is 13.2. The molecule has 1 aliphatic heterocycles. The van der Waals surface area contributed by atoms with Crippen molar-refractivity contribution < 1.29 is 8.42 Å². The molecule has 4 heterocycles. The number of anilines is 3. The van der Waals surface area contributed by atoms with Crippen molar-refractivity contribution in [2.45, 2.75) is 32.2 Å². The molecule has 0 atom stereocenters. The van der Waals surface area contributed by atoms with Crippen LogP contribution in [0.25, 0.3) is 0 Å². The van der Waals surface area contributed by atoms with Crippen LogP contribution in [0.3, 0.4) is 0 Å². The van der Waals surface area contributed by atoms with Crippen molar-refractivity contribution in [1.82, 2.24) is 29.3 Å². The number of nitrogens with one attached hydrogen (secondary N) is 1. The Labute approximate surface area is 182 Å². The Hall–Kier alpha value is -3.05. The monoisotopic (exact) mass is 442 g/mol. The second kappa shape index (κ2) is 8.60. The van der Waals surface area contributed by atoms with Gasteiger partial charge in [0.25, 0.3) is 0 Å². The van der Waals surface area contributed by atoms with Crippen LogP contribution in [0.1, 0.15) is 18.3 Å². The Morgan fingerprint density at radius 3 is 2.42 bits per heavy atom. The summed E-state index contributed by atoms with van der Waals surface area (Å²) in [5, 5.41) is 16.0. The van der Waals surface area contributed by atoms with E-state index in [4.69, 9.17) is 0 Å². The van der Waals surface area contributed by atoms with Crippen molar-refractivity contribution in [2.24, 2.45) is 0 Å². The van der Waals surface area contributed by atoms with Gasteiger partial charge in [0.05, 0.1) is 23.3 Å². The van der Waals surface area contributed by atoms with Gasteiger partial charge in [0, 0.05) is 38.9 Å². The average molecular weight is 443 g/mol. The number of pyridine rings is 1. The average Bonchev–Trinajstić information content (AvgIpc) is 3.09. The second-order valence-electron chi connectivity index (χ2n) is 7.35. The Balaban J connectivity index is 1.42. The summed E-state index contributed by atoms with van der Waals surface area (Å²) in [4.78, 5) is 6.43. The summed E-state index contributed by atoms with van der Waals surface area (Å²) in [5.74, 6) is 1.34. The molecule has 164 valence electrons.